The fourth-order valence-corrected chi connectivity index (χ4v) is 2.60. The van der Waals surface area contributed by atoms with Crippen LogP contribution in [0, 0.1) is 11.6 Å². The number of fused-ring (bicyclic) bond motifs is 1. The lowest BCUT2D eigenvalue weighted by molar-refractivity contribution is 0.100. The standard InChI is InChI=1S/C17H14F2N4O2/c1-8-4-11(15-12(18)6-22-7-13(15)19)10-5-9(2-3-14(10)25-8)16(24)23-17(20)21/h2-8H,1H3,(H4,20,21,23,24). The molecule has 25 heavy (non-hydrogen) atoms. The number of hydrogen-bond donors (Lipinski definition) is 2. The molecule has 1 amide bonds. The Hall–Kier alpha value is -3.29. The fourth-order valence-electron chi connectivity index (χ4n) is 2.60. The lowest BCUT2D eigenvalue weighted by atomic mass is 9.92. The fraction of sp³-hybridized carbons (Fsp3) is 0.118. The summed E-state index contributed by atoms with van der Waals surface area (Å²) in [4.78, 5) is 19.0. The van der Waals surface area contributed by atoms with E-state index in [1.54, 1.807) is 13.0 Å². The molecule has 6 nitrogen and oxygen atoms in total. The van der Waals surface area contributed by atoms with Crippen LogP contribution in [-0.2, 0) is 0 Å². The topological polar surface area (TPSA) is 104 Å². The van der Waals surface area contributed by atoms with Gasteiger partial charge in [0.2, 0.25) is 0 Å². The van der Waals surface area contributed by atoms with E-state index in [0.717, 1.165) is 12.4 Å². The van der Waals surface area contributed by atoms with Crippen LogP contribution in [0.1, 0.15) is 28.4 Å². The normalized spacial score (nSPS) is 15.6. The number of benzene rings is 1. The van der Waals surface area contributed by atoms with E-state index in [4.69, 9.17) is 16.2 Å². The summed E-state index contributed by atoms with van der Waals surface area (Å²) < 4.78 is 34.0. The van der Waals surface area contributed by atoms with Crippen LogP contribution in [0.15, 0.2) is 41.7 Å². The molecule has 0 radical (unpaired) electrons. The summed E-state index contributed by atoms with van der Waals surface area (Å²) in [5, 5.41) is 0. The van der Waals surface area contributed by atoms with Gasteiger partial charge < -0.3 is 16.2 Å². The molecule has 0 bridgehead atoms. The van der Waals surface area contributed by atoms with Gasteiger partial charge in [-0.05, 0) is 36.8 Å². The van der Waals surface area contributed by atoms with Gasteiger partial charge in [-0.1, -0.05) is 0 Å². The summed E-state index contributed by atoms with van der Waals surface area (Å²) in [5.41, 5.74) is 11.0. The summed E-state index contributed by atoms with van der Waals surface area (Å²) in [6, 6.07) is 4.44. The van der Waals surface area contributed by atoms with Crippen LogP contribution < -0.4 is 16.2 Å². The number of carbonyl (C=O) groups is 1. The molecule has 128 valence electrons. The second-order valence-corrected chi connectivity index (χ2v) is 5.43. The summed E-state index contributed by atoms with van der Waals surface area (Å²) in [6.07, 6.45) is 3.01. The lowest BCUT2D eigenvalue weighted by Gasteiger charge is -2.24. The van der Waals surface area contributed by atoms with Gasteiger partial charge in [0.25, 0.3) is 5.91 Å². The summed E-state index contributed by atoms with van der Waals surface area (Å²) >= 11 is 0. The van der Waals surface area contributed by atoms with Crippen LogP contribution in [0.5, 0.6) is 5.75 Å². The maximum absolute atomic E-state index is 14.2. The third-order valence-corrected chi connectivity index (χ3v) is 3.58. The molecule has 1 aromatic heterocycles. The molecule has 2 heterocycles. The number of carbonyl (C=O) groups excluding carboxylic acids is 1. The Kier molecular flexibility index (Phi) is 4.18. The van der Waals surface area contributed by atoms with E-state index >= 15 is 0 Å². The summed E-state index contributed by atoms with van der Waals surface area (Å²) in [7, 11) is 0. The van der Waals surface area contributed by atoms with Gasteiger partial charge in [-0.15, -0.1) is 0 Å². The van der Waals surface area contributed by atoms with E-state index in [2.05, 4.69) is 9.98 Å². The highest BCUT2D eigenvalue weighted by Crippen LogP contribution is 2.38. The second kappa shape index (κ2) is 6.31. The van der Waals surface area contributed by atoms with E-state index in [1.165, 1.54) is 18.2 Å². The SMILES string of the molecule is CC1C=C(c2c(F)cncc2F)c2cc(C(=O)N=C(N)N)ccc2O1. The van der Waals surface area contributed by atoms with Crippen molar-refractivity contribution in [2.24, 2.45) is 16.5 Å². The van der Waals surface area contributed by atoms with Gasteiger partial charge in [-0.2, -0.15) is 4.99 Å². The molecule has 0 saturated heterocycles. The second-order valence-electron chi connectivity index (χ2n) is 5.43. The highest BCUT2D eigenvalue weighted by atomic mass is 19.1. The number of guanidine groups is 1. The molecule has 8 heteroatoms. The Morgan fingerprint density at radius 1 is 1.24 bits per heavy atom. The molecule has 3 rings (SSSR count). The van der Waals surface area contributed by atoms with Crippen LogP contribution in [-0.4, -0.2) is 23.0 Å². The van der Waals surface area contributed by atoms with Crippen molar-refractivity contribution in [2.75, 3.05) is 0 Å². The first-order valence-corrected chi connectivity index (χ1v) is 7.33. The minimum absolute atomic E-state index is 0.158. The van der Waals surface area contributed by atoms with Crippen LogP contribution in [0.25, 0.3) is 5.57 Å². The quantitative estimate of drug-likeness (QED) is 0.640. The maximum Gasteiger partial charge on any atom is 0.280 e. The molecule has 1 aliphatic heterocycles. The van der Waals surface area contributed by atoms with Crippen molar-refractivity contribution < 1.29 is 18.3 Å². The van der Waals surface area contributed by atoms with E-state index < -0.39 is 23.6 Å². The molecule has 0 spiro atoms. The Morgan fingerprint density at radius 2 is 1.92 bits per heavy atom. The maximum atomic E-state index is 14.2. The third-order valence-electron chi connectivity index (χ3n) is 3.58. The van der Waals surface area contributed by atoms with Gasteiger partial charge in [-0.3, -0.25) is 9.78 Å². The Morgan fingerprint density at radius 3 is 2.56 bits per heavy atom. The zero-order chi connectivity index (χ0) is 18.1. The van der Waals surface area contributed by atoms with Crippen molar-refractivity contribution >= 4 is 17.4 Å². The van der Waals surface area contributed by atoms with Crippen molar-refractivity contribution in [1.82, 2.24) is 4.98 Å². The number of rotatable bonds is 2. The third kappa shape index (κ3) is 3.18. The molecule has 0 saturated carbocycles. The summed E-state index contributed by atoms with van der Waals surface area (Å²) in [6.45, 7) is 1.73. The average molecular weight is 344 g/mol. The first kappa shape index (κ1) is 16.6. The lowest BCUT2D eigenvalue weighted by Crippen LogP contribution is -2.24. The van der Waals surface area contributed by atoms with Gasteiger partial charge >= 0.3 is 0 Å². The van der Waals surface area contributed by atoms with Crippen molar-refractivity contribution in [3.05, 3.63) is 65.0 Å². The number of ether oxygens (including phenoxy) is 1. The zero-order valence-corrected chi connectivity index (χ0v) is 13.2. The highest BCUT2D eigenvalue weighted by Gasteiger charge is 2.25. The number of aliphatic imine (C=N–C) groups is 1. The molecular weight excluding hydrogens is 330 g/mol. The molecule has 4 N–H and O–H groups in total. The number of amides is 1. The van der Waals surface area contributed by atoms with Crippen molar-refractivity contribution in [2.45, 2.75) is 13.0 Å². The minimum atomic E-state index is -0.813. The number of nitrogens with zero attached hydrogens (tertiary/aromatic N) is 2. The van der Waals surface area contributed by atoms with Crippen LogP contribution in [0.2, 0.25) is 0 Å². The predicted molar refractivity (Wildman–Crippen MR) is 87.9 cm³/mol. The van der Waals surface area contributed by atoms with E-state index in [-0.39, 0.29) is 22.7 Å². The number of pyridine rings is 1. The summed E-state index contributed by atoms with van der Waals surface area (Å²) in [5.74, 6) is -2.28. The number of nitrogens with two attached hydrogens (primary N) is 2. The largest absolute Gasteiger partial charge is 0.486 e. The molecule has 1 aromatic carbocycles. The van der Waals surface area contributed by atoms with Crippen LogP contribution >= 0.6 is 0 Å². The number of hydrogen-bond acceptors (Lipinski definition) is 3. The zero-order valence-electron chi connectivity index (χ0n) is 13.2. The van der Waals surface area contributed by atoms with Crippen LogP contribution in [0.4, 0.5) is 8.78 Å². The monoisotopic (exact) mass is 344 g/mol. The molecule has 2 aromatic rings. The van der Waals surface area contributed by atoms with E-state index in [9.17, 15) is 13.6 Å². The number of aromatic nitrogens is 1. The average Bonchev–Trinajstić information content (AvgIpc) is 2.53. The molecule has 1 aliphatic rings. The first-order valence-electron chi connectivity index (χ1n) is 7.33. The Bertz CT molecular complexity index is 901. The van der Waals surface area contributed by atoms with Gasteiger partial charge in [0.1, 0.15) is 11.9 Å². The Balaban J connectivity index is 2.17. The van der Waals surface area contributed by atoms with Gasteiger partial charge in [-0.25, -0.2) is 8.78 Å². The van der Waals surface area contributed by atoms with Gasteiger partial charge in [0.05, 0.1) is 18.0 Å². The molecule has 1 unspecified atom stereocenters. The predicted octanol–water partition coefficient (Wildman–Crippen LogP) is 1.99. The molecule has 1 atom stereocenters. The van der Waals surface area contributed by atoms with Crippen molar-refractivity contribution in [1.29, 1.82) is 0 Å². The van der Waals surface area contributed by atoms with E-state index in [0.29, 0.717) is 11.3 Å². The molecule has 0 fully saturated rings. The molecule has 0 aliphatic carbocycles. The smallest absolute Gasteiger partial charge is 0.280 e. The van der Waals surface area contributed by atoms with E-state index in [1.807, 2.05) is 0 Å². The van der Waals surface area contributed by atoms with Crippen molar-refractivity contribution in [3.63, 3.8) is 0 Å². The van der Waals surface area contributed by atoms with Gasteiger partial charge in [0.15, 0.2) is 17.6 Å². The Labute approximate surface area is 141 Å². The number of halogens is 2. The minimum Gasteiger partial charge on any atom is -0.486 e. The van der Waals surface area contributed by atoms with Crippen LogP contribution in [0.3, 0.4) is 0 Å². The molecular formula is C17H14F2N4O2. The highest BCUT2D eigenvalue weighted by molar-refractivity contribution is 6.03. The van der Waals surface area contributed by atoms with Gasteiger partial charge in [0, 0.05) is 11.1 Å². The first-order chi connectivity index (χ1) is 11.9. The van der Waals surface area contributed by atoms with Crippen molar-refractivity contribution in [3.8, 4) is 5.75 Å².